The summed E-state index contributed by atoms with van der Waals surface area (Å²) in [6.45, 7) is 3.82. The molecule has 0 saturated carbocycles. The number of rotatable bonds is 7. The molecule has 146 valence electrons. The molecule has 1 aliphatic heterocycles. The first-order chi connectivity index (χ1) is 13.7. The third-order valence-corrected chi connectivity index (χ3v) is 4.72. The Kier molecular flexibility index (Phi) is 5.50. The van der Waals surface area contributed by atoms with E-state index in [2.05, 4.69) is 32.5 Å². The first-order valence-electron chi connectivity index (χ1n) is 9.33. The molecule has 28 heavy (non-hydrogen) atoms. The minimum Gasteiger partial charge on any atom is -0.479 e. The first-order valence-corrected chi connectivity index (χ1v) is 9.33. The lowest BCUT2D eigenvalue weighted by Crippen LogP contribution is -2.32. The van der Waals surface area contributed by atoms with Crippen LogP contribution in [0.4, 0.5) is 10.2 Å². The van der Waals surface area contributed by atoms with Crippen LogP contribution in [0.3, 0.4) is 0 Å². The average Bonchev–Trinajstić information content (AvgIpc) is 3.13. The summed E-state index contributed by atoms with van der Waals surface area (Å²) in [7, 11) is 0. The van der Waals surface area contributed by atoms with Crippen LogP contribution in [0.15, 0.2) is 48.8 Å². The second-order valence-electron chi connectivity index (χ2n) is 6.58. The fourth-order valence-corrected chi connectivity index (χ4v) is 3.29. The van der Waals surface area contributed by atoms with Crippen molar-refractivity contribution in [3.8, 4) is 16.9 Å². The minimum atomic E-state index is -0.363. The van der Waals surface area contributed by atoms with Gasteiger partial charge in [0.05, 0.1) is 6.20 Å². The van der Waals surface area contributed by atoms with Crippen LogP contribution in [0.5, 0.6) is 5.75 Å². The normalized spacial score (nSPS) is 14.5. The molecule has 3 N–H and O–H groups in total. The second kappa shape index (κ2) is 8.37. The molecule has 3 aromatic rings. The van der Waals surface area contributed by atoms with Crippen molar-refractivity contribution in [2.75, 3.05) is 38.2 Å². The number of halogens is 1. The van der Waals surface area contributed by atoms with Crippen molar-refractivity contribution in [2.24, 2.45) is 5.73 Å². The van der Waals surface area contributed by atoms with Gasteiger partial charge in [-0.15, -0.1) is 0 Å². The Morgan fingerprint density at radius 2 is 2.14 bits per heavy atom. The highest BCUT2D eigenvalue weighted by Crippen LogP contribution is 2.30. The summed E-state index contributed by atoms with van der Waals surface area (Å²) in [4.78, 5) is 7.02. The monoisotopic (exact) mass is 382 g/mol. The highest BCUT2D eigenvalue weighted by Gasteiger charge is 2.14. The van der Waals surface area contributed by atoms with Gasteiger partial charge in [0.1, 0.15) is 24.1 Å². The van der Waals surface area contributed by atoms with Gasteiger partial charge in [0.2, 0.25) is 0 Å². The first kappa shape index (κ1) is 18.4. The van der Waals surface area contributed by atoms with Gasteiger partial charge in [-0.3, -0.25) is 10.6 Å². The van der Waals surface area contributed by atoms with E-state index in [1.165, 1.54) is 6.07 Å². The maximum atomic E-state index is 14.4. The Bertz CT molecular complexity index is 986. The summed E-state index contributed by atoms with van der Waals surface area (Å²) in [5, 5.41) is 7.63. The van der Waals surface area contributed by atoms with Gasteiger partial charge in [0, 0.05) is 43.5 Å². The summed E-state index contributed by atoms with van der Waals surface area (Å²) >= 11 is 0. The van der Waals surface area contributed by atoms with E-state index in [1.807, 2.05) is 12.3 Å². The fraction of sp³-hybridized carbons (Fsp3) is 0.300. The van der Waals surface area contributed by atoms with Gasteiger partial charge in [0.25, 0.3) is 0 Å². The van der Waals surface area contributed by atoms with E-state index in [0.717, 1.165) is 38.4 Å². The van der Waals surface area contributed by atoms with Gasteiger partial charge in [-0.05, 0) is 30.7 Å². The lowest BCUT2D eigenvalue weighted by molar-refractivity contribution is 0.310. The number of ether oxygens (including phenoxy) is 1. The molecule has 2 aromatic heterocycles. The van der Waals surface area contributed by atoms with Crippen LogP contribution < -0.4 is 15.8 Å². The molecule has 0 aliphatic carbocycles. The fourth-order valence-electron chi connectivity index (χ4n) is 3.29. The zero-order chi connectivity index (χ0) is 19.3. The Hall–Kier alpha value is -2.97. The molecule has 3 heterocycles. The molecule has 8 heteroatoms. The quantitative estimate of drug-likeness (QED) is 0.483. The van der Waals surface area contributed by atoms with E-state index in [9.17, 15) is 4.39 Å². The summed E-state index contributed by atoms with van der Waals surface area (Å²) in [6.07, 6.45) is 8.94. The van der Waals surface area contributed by atoms with E-state index >= 15 is 0 Å². The van der Waals surface area contributed by atoms with Gasteiger partial charge >= 0.3 is 0 Å². The third-order valence-electron chi connectivity index (χ3n) is 4.72. The smallest absolute Gasteiger partial charge is 0.165 e. The maximum Gasteiger partial charge on any atom is 0.165 e. The van der Waals surface area contributed by atoms with Gasteiger partial charge in [0.15, 0.2) is 5.65 Å². The third kappa shape index (κ3) is 3.97. The Balaban J connectivity index is 1.55. The zero-order valence-corrected chi connectivity index (χ0v) is 15.5. The molecule has 0 radical (unpaired) electrons. The second-order valence-corrected chi connectivity index (χ2v) is 6.58. The summed E-state index contributed by atoms with van der Waals surface area (Å²) in [5.74, 6) is 0.872. The molecular formula is C20H23FN6O. The molecule has 1 aliphatic rings. The molecule has 4 rings (SSSR count). The number of anilines is 1. The lowest BCUT2D eigenvalue weighted by Gasteiger charge is -2.22. The van der Waals surface area contributed by atoms with Crippen molar-refractivity contribution < 1.29 is 9.13 Å². The van der Waals surface area contributed by atoms with Crippen LogP contribution in [0, 0.1) is 5.82 Å². The van der Waals surface area contributed by atoms with E-state index in [-0.39, 0.29) is 12.5 Å². The molecule has 0 spiro atoms. The standard InChI is InChI=1S/C20H23FN6O/c21-18-5-4-15(28-14-22)12-16(18)17-13-24-27-10-6-19(25-20(17)27)23-7-11-26-8-2-1-3-9-26/h1-2,4-6,10,12-13H,3,7-9,11,14,22H2,(H,23,25). The average molecular weight is 382 g/mol. The van der Waals surface area contributed by atoms with Crippen molar-refractivity contribution in [1.82, 2.24) is 19.5 Å². The van der Waals surface area contributed by atoms with Crippen LogP contribution in [0.1, 0.15) is 6.42 Å². The highest BCUT2D eigenvalue weighted by atomic mass is 19.1. The predicted octanol–water partition coefficient (Wildman–Crippen LogP) is 2.50. The van der Waals surface area contributed by atoms with Gasteiger partial charge < -0.3 is 10.1 Å². The summed E-state index contributed by atoms with van der Waals surface area (Å²) < 4.78 is 21.4. The van der Waals surface area contributed by atoms with Gasteiger partial charge in [-0.2, -0.15) is 5.10 Å². The van der Waals surface area contributed by atoms with Crippen molar-refractivity contribution in [1.29, 1.82) is 0 Å². The molecule has 0 unspecified atom stereocenters. The van der Waals surface area contributed by atoms with Crippen LogP contribution in [-0.4, -0.2) is 52.4 Å². The molecule has 0 amide bonds. The number of nitrogens with one attached hydrogen (secondary N) is 1. The van der Waals surface area contributed by atoms with E-state index in [0.29, 0.717) is 22.5 Å². The largest absolute Gasteiger partial charge is 0.479 e. The van der Waals surface area contributed by atoms with Crippen LogP contribution in [0.2, 0.25) is 0 Å². The molecule has 0 bridgehead atoms. The van der Waals surface area contributed by atoms with Crippen LogP contribution in [0.25, 0.3) is 16.8 Å². The molecule has 7 nitrogen and oxygen atoms in total. The Morgan fingerprint density at radius 3 is 2.96 bits per heavy atom. The van der Waals surface area contributed by atoms with Crippen molar-refractivity contribution in [3.05, 3.63) is 54.6 Å². The van der Waals surface area contributed by atoms with Crippen molar-refractivity contribution in [3.63, 3.8) is 0 Å². The van der Waals surface area contributed by atoms with Crippen LogP contribution >= 0.6 is 0 Å². The molecule has 1 aromatic carbocycles. The Labute approximate surface area is 162 Å². The van der Waals surface area contributed by atoms with Crippen LogP contribution in [-0.2, 0) is 0 Å². The Morgan fingerprint density at radius 1 is 1.21 bits per heavy atom. The lowest BCUT2D eigenvalue weighted by atomic mass is 10.1. The number of benzene rings is 1. The van der Waals surface area contributed by atoms with Crippen molar-refractivity contribution in [2.45, 2.75) is 6.42 Å². The number of nitrogens with zero attached hydrogens (tertiary/aromatic N) is 4. The van der Waals surface area contributed by atoms with E-state index < -0.39 is 0 Å². The van der Waals surface area contributed by atoms with Gasteiger partial charge in [-0.1, -0.05) is 12.2 Å². The number of fused-ring (bicyclic) bond motifs is 1. The summed E-state index contributed by atoms with van der Waals surface area (Å²) in [6, 6.07) is 6.39. The highest BCUT2D eigenvalue weighted by molar-refractivity contribution is 5.78. The summed E-state index contributed by atoms with van der Waals surface area (Å²) in [5.41, 5.74) is 6.98. The number of hydrogen-bond donors (Lipinski definition) is 2. The van der Waals surface area contributed by atoms with E-state index in [1.54, 1.807) is 22.8 Å². The number of aromatic nitrogens is 3. The molecule has 0 fully saturated rings. The topological polar surface area (TPSA) is 80.7 Å². The number of nitrogens with two attached hydrogens (primary N) is 1. The minimum absolute atomic E-state index is 0.0267. The predicted molar refractivity (Wildman–Crippen MR) is 107 cm³/mol. The molecule has 0 atom stereocenters. The van der Waals surface area contributed by atoms with E-state index in [4.69, 9.17) is 10.5 Å². The molecule has 0 saturated heterocycles. The van der Waals surface area contributed by atoms with Crippen molar-refractivity contribution >= 4 is 11.5 Å². The van der Waals surface area contributed by atoms with Gasteiger partial charge in [-0.25, -0.2) is 13.9 Å². The zero-order valence-electron chi connectivity index (χ0n) is 15.5. The molecular weight excluding hydrogens is 359 g/mol. The SMILES string of the molecule is NCOc1ccc(F)c(-c2cnn3ccc(NCCN4CC=CCC4)nc23)c1. The number of hydrogen-bond acceptors (Lipinski definition) is 6. The maximum absolute atomic E-state index is 14.4.